The first-order valence-electron chi connectivity index (χ1n) is 5.73. The molecule has 0 radical (unpaired) electrons. The molecule has 102 valence electrons. The molecular weight excluding hydrogens is 296 g/mol. The van der Waals surface area contributed by atoms with Crippen LogP contribution in [-0.4, -0.2) is 27.3 Å². The fraction of sp³-hybridized carbons (Fsp3) is 0.167. The van der Waals surface area contributed by atoms with Crippen molar-refractivity contribution in [3.05, 3.63) is 35.1 Å². The minimum atomic E-state index is 0.238. The predicted octanol–water partition coefficient (Wildman–Crippen LogP) is 3.06. The average Bonchev–Trinajstić information content (AvgIpc) is 3.07. The van der Waals surface area contributed by atoms with Crippen LogP contribution in [0.5, 0.6) is 0 Å². The highest BCUT2D eigenvalue weighted by Gasteiger charge is 2.18. The van der Waals surface area contributed by atoms with Gasteiger partial charge >= 0.3 is 0 Å². The van der Waals surface area contributed by atoms with E-state index in [0.717, 1.165) is 21.1 Å². The Morgan fingerprint density at radius 1 is 1.40 bits per heavy atom. The Morgan fingerprint density at radius 2 is 2.20 bits per heavy atom. The molecule has 3 heterocycles. The number of rotatable bonds is 4. The molecule has 0 aliphatic rings. The van der Waals surface area contributed by atoms with Gasteiger partial charge in [0.2, 0.25) is 0 Å². The minimum absolute atomic E-state index is 0.238. The van der Waals surface area contributed by atoms with Crippen molar-refractivity contribution in [2.24, 2.45) is 0 Å². The normalized spacial score (nSPS) is 10.8. The summed E-state index contributed by atoms with van der Waals surface area (Å²) in [5.74, 6) is 0.430. The second-order valence-corrected chi connectivity index (χ2v) is 5.25. The summed E-state index contributed by atoms with van der Waals surface area (Å²) in [5.41, 5.74) is 1.76. The van der Waals surface area contributed by atoms with Crippen LogP contribution in [0.1, 0.15) is 5.69 Å². The lowest BCUT2D eigenvalue weighted by atomic mass is 10.3. The zero-order valence-corrected chi connectivity index (χ0v) is 12.1. The number of methoxy groups -OCH3 is 1. The standard InChI is InChI=1S/C12H10N4O2S2/c1-17-6-8-9(10-15-16-12(19)18-10)20-11(14-8)7-2-4-13-5-3-7/h2-5H,6H2,1H3,(H,16,19). The van der Waals surface area contributed by atoms with Gasteiger partial charge in [0.05, 0.1) is 12.3 Å². The van der Waals surface area contributed by atoms with E-state index in [1.807, 2.05) is 12.1 Å². The number of aromatic nitrogens is 4. The van der Waals surface area contributed by atoms with Crippen molar-refractivity contribution in [2.45, 2.75) is 6.61 Å². The summed E-state index contributed by atoms with van der Waals surface area (Å²) in [6, 6.07) is 3.80. The lowest BCUT2D eigenvalue weighted by molar-refractivity contribution is 0.182. The second kappa shape index (κ2) is 5.61. The third kappa shape index (κ3) is 2.53. The molecule has 0 saturated heterocycles. The third-order valence-electron chi connectivity index (χ3n) is 2.54. The van der Waals surface area contributed by atoms with Gasteiger partial charge in [0.25, 0.3) is 10.7 Å². The summed E-state index contributed by atoms with van der Waals surface area (Å²) in [5, 5.41) is 7.51. The van der Waals surface area contributed by atoms with Gasteiger partial charge in [-0.25, -0.2) is 10.1 Å². The molecule has 0 amide bonds. The number of H-pyrrole nitrogens is 1. The van der Waals surface area contributed by atoms with Crippen LogP contribution in [0.3, 0.4) is 0 Å². The van der Waals surface area contributed by atoms with Gasteiger partial charge in [-0.05, 0) is 24.4 Å². The zero-order chi connectivity index (χ0) is 13.9. The van der Waals surface area contributed by atoms with E-state index in [1.165, 1.54) is 11.3 Å². The number of hydrogen-bond acceptors (Lipinski definition) is 7. The minimum Gasteiger partial charge on any atom is -0.408 e. The zero-order valence-electron chi connectivity index (χ0n) is 10.5. The maximum Gasteiger partial charge on any atom is 0.284 e. The van der Waals surface area contributed by atoms with Gasteiger partial charge < -0.3 is 9.15 Å². The molecule has 0 spiro atoms. The number of nitrogens with zero attached hydrogens (tertiary/aromatic N) is 3. The molecule has 6 nitrogen and oxygen atoms in total. The molecule has 0 fully saturated rings. The lowest BCUT2D eigenvalue weighted by Crippen LogP contribution is -1.90. The molecule has 0 aromatic carbocycles. The van der Waals surface area contributed by atoms with E-state index >= 15 is 0 Å². The van der Waals surface area contributed by atoms with Gasteiger partial charge in [-0.2, -0.15) is 0 Å². The van der Waals surface area contributed by atoms with Crippen molar-refractivity contribution in [1.82, 2.24) is 20.2 Å². The van der Waals surface area contributed by atoms with E-state index in [1.54, 1.807) is 19.5 Å². The van der Waals surface area contributed by atoms with Gasteiger partial charge in [0.1, 0.15) is 9.88 Å². The monoisotopic (exact) mass is 306 g/mol. The van der Waals surface area contributed by atoms with Crippen molar-refractivity contribution in [1.29, 1.82) is 0 Å². The first-order chi connectivity index (χ1) is 9.78. The van der Waals surface area contributed by atoms with Gasteiger partial charge in [-0.1, -0.05) is 0 Å². The molecule has 0 unspecified atom stereocenters. The Morgan fingerprint density at radius 3 is 2.85 bits per heavy atom. The van der Waals surface area contributed by atoms with Crippen LogP contribution in [-0.2, 0) is 11.3 Å². The van der Waals surface area contributed by atoms with E-state index in [-0.39, 0.29) is 4.84 Å². The maximum absolute atomic E-state index is 5.36. The van der Waals surface area contributed by atoms with E-state index in [9.17, 15) is 0 Å². The molecule has 0 aliphatic carbocycles. The molecule has 3 aromatic heterocycles. The number of pyridine rings is 1. The Bertz CT molecular complexity index is 763. The Labute approximate surface area is 123 Å². The molecule has 3 aromatic rings. The number of ether oxygens (including phenoxy) is 1. The quantitative estimate of drug-likeness (QED) is 0.746. The summed E-state index contributed by atoms with van der Waals surface area (Å²) in [4.78, 5) is 9.62. The van der Waals surface area contributed by atoms with E-state index in [4.69, 9.17) is 21.4 Å². The number of aromatic amines is 1. The van der Waals surface area contributed by atoms with Gasteiger partial charge in [-0.3, -0.25) is 4.98 Å². The van der Waals surface area contributed by atoms with Crippen LogP contribution in [0.25, 0.3) is 21.3 Å². The number of thiazole rings is 1. The Balaban J connectivity index is 2.09. The van der Waals surface area contributed by atoms with Gasteiger partial charge in [0, 0.05) is 25.1 Å². The maximum atomic E-state index is 5.36. The highest BCUT2D eigenvalue weighted by atomic mass is 32.1. The highest BCUT2D eigenvalue weighted by molar-refractivity contribution is 7.71. The van der Waals surface area contributed by atoms with Crippen molar-refractivity contribution in [2.75, 3.05) is 7.11 Å². The largest absolute Gasteiger partial charge is 0.408 e. The Hall–Kier alpha value is -1.90. The van der Waals surface area contributed by atoms with Crippen molar-refractivity contribution < 1.29 is 9.15 Å². The lowest BCUT2D eigenvalue weighted by Gasteiger charge is -1.95. The first-order valence-corrected chi connectivity index (χ1v) is 6.95. The molecule has 1 N–H and O–H groups in total. The molecule has 0 atom stereocenters. The van der Waals surface area contributed by atoms with Crippen molar-refractivity contribution in [3.63, 3.8) is 0 Å². The van der Waals surface area contributed by atoms with Crippen LogP contribution in [0.2, 0.25) is 0 Å². The van der Waals surface area contributed by atoms with Crippen LogP contribution >= 0.6 is 23.6 Å². The second-order valence-electron chi connectivity index (χ2n) is 3.88. The molecule has 0 bridgehead atoms. The van der Waals surface area contributed by atoms with Gasteiger partial charge in [0.15, 0.2) is 0 Å². The highest BCUT2D eigenvalue weighted by Crippen LogP contribution is 2.34. The van der Waals surface area contributed by atoms with E-state index in [0.29, 0.717) is 12.5 Å². The third-order valence-corrected chi connectivity index (χ3v) is 3.85. The summed E-state index contributed by atoms with van der Waals surface area (Å²) in [6.07, 6.45) is 3.46. The average molecular weight is 306 g/mol. The van der Waals surface area contributed by atoms with E-state index in [2.05, 4.69) is 20.2 Å². The first kappa shape index (κ1) is 13.1. The number of nitrogens with one attached hydrogen (secondary N) is 1. The smallest absolute Gasteiger partial charge is 0.284 e. The van der Waals surface area contributed by atoms with Crippen LogP contribution in [0.15, 0.2) is 28.9 Å². The summed E-state index contributed by atoms with van der Waals surface area (Å²) in [6.45, 7) is 0.381. The predicted molar refractivity (Wildman–Crippen MR) is 76.7 cm³/mol. The fourth-order valence-corrected chi connectivity index (χ4v) is 2.82. The Kier molecular flexibility index (Phi) is 3.68. The fourth-order valence-electron chi connectivity index (χ4n) is 1.70. The summed E-state index contributed by atoms with van der Waals surface area (Å²) < 4.78 is 10.5. The molecular formula is C12H10N4O2S2. The molecule has 0 aliphatic heterocycles. The summed E-state index contributed by atoms with van der Waals surface area (Å²) >= 11 is 6.38. The van der Waals surface area contributed by atoms with E-state index < -0.39 is 0 Å². The van der Waals surface area contributed by atoms with Crippen LogP contribution < -0.4 is 0 Å². The number of hydrogen-bond donors (Lipinski definition) is 1. The summed E-state index contributed by atoms with van der Waals surface area (Å²) in [7, 11) is 1.62. The molecule has 8 heteroatoms. The molecule has 0 saturated carbocycles. The van der Waals surface area contributed by atoms with Gasteiger partial charge in [-0.15, -0.1) is 16.4 Å². The molecule has 20 heavy (non-hydrogen) atoms. The van der Waals surface area contributed by atoms with Crippen LogP contribution in [0, 0.1) is 4.84 Å². The topological polar surface area (TPSA) is 76.8 Å². The van der Waals surface area contributed by atoms with Crippen molar-refractivity contribution in [3.8, 4) is 21.3 Å². The van der Waals surface area contributed by atoms with Crippen LogP contribution in [0.4, 0.5) is 0 Å². The molecule has 3 rings (SSSR count). The van der Waals surface area contributed by atoms with Crippen molar-refractivity contribution >= 4 is 23.6 Å². The SMILES string of the molecule is COCc1nc(-c2ccncc2)sc1-c1n[nH]c(=S)o1.